The van der Waals surface area contributed by atoms with Gasteiger partial charge >= 0.3 is 0 Å². The van der Waals surface area contributed by atoms with E-state index >= 15 is 0 Å². The first kappa shape index (κ1) is 19.7. The zero-order valence-electron chi connectivity index (χ0n) is 14.2. The van der Waals surface area contributed by atoms with Gasteiger partial charge in [-0.05, 0) is 49.9 Å². The highest BCUT2D eigenvalue weighted by atomic mass is 35.5. The van der Waals surface area contributed by atoms with Crippen LogP contribution in [0, 0.1) is 17.1 Å². The molecule has 0 radical (unpaired) electrons. The summed E-state index contributed by atoms with van der Waals surface area (Å²) in [5, 5.41) is 18.4. The molecule has 2 aromatic rings. The van der Waals surface area contributed by atoms with E-state index in [1.54, 1.807) is 6.07 Å². The average molecular weight is 410 g/mol. The standard InChI is InChI=1S/C18H17ClFN3O3S/c19-14-9-11(16-7-6-15(20)17(10-21)22-16)1-8-18(14)27(25,26)23-12-2-4-13(24)5-3-12/h1,6-9,12-13,23-24H,2-5H2. The van der Waals surface area contributed by atoms with Crippen molar-refractivity contribution in [3.63, 3.8) is 0 Å². The summed E-state index contributed by atoms with van der Waals surface area (Å²) in [6, 6.07) is 8.21. The number of nitrogens with zero attached hydrogens (tertiary/aromatic N) is 2. The molecule has 2 N–H and O–H groups in total. The maximum atomic E-state index is 13.4. The van der Waals surface area contributed by atoms with Gasteiger partial charge in [0.15, 0.2) is 11.5 Å². The van der Waals surface area contributed by atoms with Gasteiger partial charge in [-0.15, -0.1) is 0 Å². The number of nitrogens with one attached hydrogen (secondary N) is 1. The molecule has 27 heavy (non-hydrogen) atoms. The molecule has 0 aliphatic heterocycles. The molecule has 0 bridgehead atoms. The van der Waals surface area contributed by atoms with Crippen LogP contribution in [0.4, 0.5) is 4.39 Å². The van der Waals surface area contributed by atoms with Crippen molar-refractivity contribution in [3.05, 3.63) is 46.9 Å². The van der Waals surface area contributed by atoms with Crippen molar-refractivity contribution in [3.8, 4) is 17.3 Å². The van der Waals surface area contributed by atoms with Crippen molar-refractivity contribution in [2.75, 3.05) is 0 Å². The van der Waals surface area contributed by atoms with E-state index in [9.17, 15) is 17.9 Å². The lowest BCUT2D eigenvalue weighted by Gasteiger charge is -2.26. The van der Waals surface area contributed by atoms with Crippen LogP contribution in [0.25, 0.3) is 11.3 Å². The third-order valence-corrected chi connectivity index (χ3v) is 6.49. The molecule has 142 valence electrons. The van der Waals surface area contributed by atoms with Crippen LogP contribution in [0.1, 0.15) is 31.4 Å². The molecule has 1 saturated carbocycles. The number of aromatic nitrogens is 1. The Kier molecular flexibility index (Phi) is 5.77. The summed E-state index contributed by atoms with van der Waals surface area (Å²) >= 11 is 6.18. The first-order chi connectivity index (χ1) is 12.8. The highest BCUT2D eigenvalue weighted by molar-refractivity contribution is 7.89. The van der Waals surface area contributed by atoms with E-state index in [-0.39, 0.29) is 27.8 Å². The molecule has 0 saturated heterocycles. The summed E-state index contributed by atoms with van der Waals surface area (Å²) < 4.78 is 41.3. The lowest BCUT2D eigenvalue weighted by atomic mass is 9.94. The number of benzene rings is 1. The Labute approximate surface area is 161 Å². The smallest absolute Gasteiger partial charge is 0.242 e. The molecule has 1 aliphatic rings. The number of rotatable bonds is 4. The number of sulfonamides is 1. The first-order valence-electron chi connectivity index (χ1n) is 8.37. The van der Waals surface area contributed by atoms with Crippen molar-refractivity contribution in [2.24, 2.45) is 0 Å². The van der Waals surface area contributed by atoms with Gasteiger partial charge in [0.2, 0.25) is 10.0 Å². The van der Waals surface area contributed by atoms with E-state index < -0.39 is 15.8 Å². The largest absolute Gasteiger partial charge is 0.393 e. The van der Waals surface area contributed by atoms with Gasteiger partial charge in [0, 0.05) is 11.6 Å². The van der Waals surface area contributed by atoms with Gasteiger partial charge in [0.25, 0.3) is 0 Å². The van der Waals surface area contributed by atoms with Crippen LogP contribution in [0.2, 0.25) is 5.02 Å². The van der Waals surface area contributed by atoms with Crippen molar-refractivity contribution < 1.29 is 17.9 Å². The second-order valence-electron chi connectivity index (χ2n) is 6.41. The van der Waals surface area contributed by atoms with Gasteiger partial charge in [-0.2, -0.15) is 5.26 Å². The minimum Gasteiger partial charge on any atom is -0.393 e. The van der Waals surface area contributed by atoms with Gasteiger partial charge in [-0.1, -0.05) is 17.7 Å². The summed E-state index contributed by atoms with van der Waals surface area (Å²) in [7, 11) is -3.82. The van der Waals surface area contributed by atoms with Crippen LogP contribution in [0.5, 0.6) is 0 Å². The zero-order chi connectivity index (χ0) is 19.6. The Morgan fingerprint density at radius 2 is 1.93 bits per heavy atom. The minimum atomic E-state index is -3.82. The Balaban J connectivity index is 1.85. The average Bonchev–Trinajstić information content (AvgIpc) is 2.63. The van der Waals surface area contributed by atoms with Gasteiger partial charge < -0.3 is 5.11 Å². The second-order valence-corrected chi connectivity index (χ2v) is 8.50. The summed E-state index contributed by atoms with van der Waals surface area (Å²) in [4.78, 5) is 3.84. The number of halogens is 2. The van der Waals surface area contributed by atoms with Gasteiger partial charge in [0.05, 0.1) is 16.8 Å². The fraction of sp³-hybridized carbons (Fsp3) is 0.333. The van der Waals surface area contributed by atoms with Crippen LogP contribution in [0.15, 0.2) is 35.2 Å². The fourth-order valence-electron chi connectivity index (χ4n) is 3.04. The number of aliphatic hydroxyl groups is 1. The number of pyridine rings is 1. The minimum absolute atomic E-state index is 0.000441. The second kappa shape index (κ2) is 7.90. The third-order valence-electron chi connectivity index (χ3n) is 4.49. The zero-order valence-corrected chi connectivity index (χ0v) is 15.8. The number of aliphatic hydroxyl groups excluding tert-OH is 1. The molecule has 1 aromatic heterocycles. The van der Waals surface area contributed by atoms with Crippen molar-refractivity contribution in [1.29, 1.82) is 5.26 Å². The summed E-state index contributed by atoms with van der Waals surface area (Å²) in [6.07, 6.45) is 1.85. The topological polar surface area (TPSA) is 103 Å². The molecule has 0 atom stereocenters. The monoisotopic (exact) mass is 409 g/mol. The summed E-state index contributed by atoms with van der Waals surface area (Å²) in [6.45, 7) is 0. The predicted molar refractivity (Wildman–Crippen MR) is 97.9 cm³/mol. The van der Waals surface area contributed by atoms with E-state index in [2.05, 4.69) is 9.71 Å². The fourth-order valence-corrected chi connectivity index (χ4v) is 4.89. The highest BCUT2D eigenvalue weighted by Gasteiger charge is 2.26. The third kappa shape index (κ3) is 4.45. The van der Waals surface area contributed by atoms with Crippen molar-refractivity contribution in [1.82, 2.24) is 9.71 Å². The SMILES string of the molecule is N#Cc1nc(-c2ccc(S(=O)(=O)NC3CCC(O)CC3)c(Cl)c2)ccc1F. The number of hydrogen-bond acceptors (Lipinski definition) is 5. The summed E-state index contributed by atoms with van der Waals surface area (Å²) in [5.41, 5.74) is 0.436. The Morgan fingerprint density at radius 3 is 2.56 bits per heavy atom. The normalized spacial score (nSPS) is 20.2. The number of hydrogen-bond donors (Lipinski definition) is 2. The molecule has 1 aromatic carbocycles. The van der Waals surface area contributed by atoms with Crippen LogP contribution in [-0.4, -0.2) is 30.7 Å². The molecule has 1 aliphatic carbocycles. The quantitative estimate of drug-likeness (QED) is 0.807. The molecule has 9 heteroatoms. The van der Waals surface area contributed by atoms with E-state index in [1.807, 2.05) is 0 Å². The van der Waals surface area contributed by atoms with Crippen molar-refractivity contribution in [2.45, 2.75) is 42.7 Å². The maximum absolute atomic E-state index is 13.4. The molecular weight excluding hydrogens is 393 g/mol. The highest BCUT2D eigenvalue weighted by Crippen LogP contribution is 2.29. The van der Waals surface area contributed by atoms with Crippen LogP contribution >= 0.6 is 11.6 Å². The molecule has 6 nitrogen and oxygen atoms in total. The number of nitriles is 1. The van der Waals surface area contributed by atoms with Crippen LogP contribution in [-0.2, 0) is 10.0 Å². The lowest BCUT2D eigenvalue weighted by Crippen LogP contribution is -2.38. The molecule has 3 rings (SSSR count). The predicted octanol–water partition coefficient (Wildman–Crippen LogP) is 2.99. The Hall–Kier alpha value is -2.05. The maximum Gasteiger partial charge on any atom is 0.242 e. The molecule has 0 spiro atoms. The Morgan fingerprint density at radius 1 is 1.22 bits per heavy atom. The molecule has 1 fully saturated rings. The van der Waals surface area contributed by atoms with E-state index in [1.165, 1.54) is 24.3 Å². The first-order valence-corrected chi connectivity index (χ1v) is 10.2. The van der Waals surface area contributed by atoms with Crippen LogP contribution in [0.3, 0.4) is 0 Å². The van der Waals surface area contributed by atoms with E-state index in [4.69, 9.17) is 16.9 Å². The Bertz CT molecular complexity index is 999. The summed E-state index contributed by atoms with van der Waals surface area (Å²) in [5.74, 6) is -0.728. The van der Waals surface area contributed by atoms with E-state index in [0.29, 0.717) is 36.9 Å². The van der Waals surface area contributed by atoms with E-state index in [0.717, 1.165) is 6.07 Å². The van der Waals surface area contributed by atoms with Gasteiger partial charge in [-0.25, -0.2) is 22.5 Å². The lowest BCUT2D eigenvalue weighted by molar-refractivity contribution is 0.120. The van der Waals surface area contributed by atoms with Gasteiger partial charge in [0.1, 0.15) is 11.0 Å². The van der Waals surface area contributed by atoms with Crippen LogP contribution < -0.4 is 4.72 Å². The molecular formula is C18H17ClFN3O3S. The molecule has 0 amide bonds. The molecule has 1 heterocycles. The van der Waals surface area contributed by atoms with Crippen molar-refractivity contribution >= 4 is 21.6 Å². The molecule has 0 unspecified atom stereocenters. The van der Waals surface area contributed by atoms with Gasteiger partial charge in [-0.3, -0.25) is 0 Å².